The Kier molecular flexibility index (Phi) is 5.49. The van der Waals surface area contributed by atoms with Gasteiger partial charge in [0.1, 0.15) is 17.5 Å². The molecule has 0 aliphatic rings. The van der Waals surface area contributed by atoms with Crippen molar-refractivity contribution in [3.63, 3.8) is 0 Å². The van der Waals surface area contributed by atoms with Crippen molar-refractivity contribution in [2.45, 2.75) is 13.0 Å². The molecule has 1 aromatic carbocycles. The molecule has 1 heterocycles. The van der Waals surface area contributed by atoms with Crippen LogP contribution in [0.1, 0.15) is 18.5 Å². The third kappa shape index (κ3) is 3.62. The first kappa shape index (κ1) is 16.0. The Balaban J connectivity index is 2.26. The van der Waals surface area contributed by atoms with Crippen molar-refractivity contribution in [3.05, 3.63) is 54.4 Å². The van der Waals surface area contributed by atoms with E-state index >= 15 is 0 Å². The van der Waals surface area contributed by atoms with E-state index in [1.54, 1.807) is 25.6 Å². The molecule has 2 rings (SSSR count). The highest BCUT2D eigenvalue weighted by molar-refractivity contribution is 5.96. The largest absolute Gasteiger partial charge is 0.494 e. The normalized spacial score (nSPS) is 12.0. The molecule has 1 atom stereocenters. The zero-order chi connectivity index (χ0) is 15.9. The lowest BCUT2D eigenvalue weighted by molar-refractivity contribution is -0.121. The number of carbonyl (C=O) groups is 1. The van der Waals surface area contributed by atoms with E-state index in [4.69, 9.17) is 4.74 Å². The smallest absolute Gasteiger partial charge is 0.246 e. The minimum atomic E-state index is -0.365. The van der Waals surface area contributed by atoms with Gasteiger partial charge in [-0.25, -0.2) is 0 Å². The lowest BCUT2D eigenvalue weighted by Gasteiger charge is -2.26. The second-order valence-electron chi connectivity index (χ2n) is 4.95. The Hall–Kier alpha value is -2.40. The van der Waals surface area contributed by atoms with Gasteiger partial charge >= 0.3 is 0 Å². The van der Waals surface area contributed by atoms with Gasteiger partial charge in [0, 0.05) is 12.3 Å². The Bertz CT molecular complexity index is 616. The molecule has 2 aromatic rings. The lowest BCUT2D eigenvalue weighted by atomic mass is 10.0. The van der Waals surface area contributed by atoms with Crippen LogP contribution in [0, 0.1) is 0 Å². The van der Waals surface area contributed by atoms with Crippen LogP contribution < -0.4 is 10.1 Å². The molecule has 1 amide bonds. The van der Waals surface area contributed by atoms with Gasteiger partial charge in [-0.3, -0.25) is 14.7 Å². The monoisotopic (exact) mass is 299 g/mol. The molecule has 5 nitrogen and oxygen atoms in total. The zero-order valence-electron chi connectivity index (χ0n) is 13.1. The molecule has 1 aromatic heterocycles. The molecule has 0 saturated carbocycles. The molecular weight excluding hydrogens is 278 g/mol. The molecule has 0 saturated heterocycles. The maximum Gasteiger partial charge on any atom is 0.246 e. The fraction of sp³-hybridized carbons (Fsp3) is 0.294. The van der Waals surface area contributed by atoms with E-state index in [0.717, 1.165) is 12.1 Å². The number of benzene rings is 1. The summed E-state index contributed by atoms with van der Waals surface area (Å²) in [5.74, 6) is 0.483. The van der Waals surface area contributed by atoms with E-state index in [1.165, 1.54) is 0 Å². The number of carbonyl (C=O) groups excluding carboxylic acids is 1. The second kappa shape index (κ2) is 7.56. The molecule has 1 N–H and O–H groups in total. The zero-order valence-corrected chi connectivity index (χ0v) is 13.1. The summed E-state index contributed by atoms with van der Waals surface area (Å²) in [4.78, 5) is 18.8. The predicted octanol–water partition coefficient (Wildman–Crippen LogP) is 2.72. The number of nitrogens with one attached hydrogen (secondary N) is 1. The van der Waals surface area contributed by atoms with E-state index in [0.29, 0.717) is 11.4 Å². The second-order valence-corrected chi connectivity index (χ2v) is 4.95. The summed E-state index contributed by atoms with van der Waals surface area (Å²) in [5.41, 5.74) is 1.52. The van der Waals surface area contributed by atoms with E-state index < -0.39 is 0 Å². The number of likely N-dealkylation sites (N-methyl/N-ethyl adjacent to an activating group) is 1. The van der Waals surface area contributed by atoms with E-state index in [1.807, 2.05) is 49.2 Å². The number of hydrogen-bond acceptors (Lipinski definition) is 4. The van der Waals surface area contributed by atoms with Crippen LogP contribution in [0.15, 0.2) is 48.8 Å². The van der Waals surface area contributed by atoms with Gasteiger partial charge in [-0.15, -0.1) is 0 Å². The third-order valence-electron chi connectivity index (χ3n) is 3.56. The summed E-state index contributed by atoms with van der Waals surface area (Å²) in [5, 5.41) is 2.91. The topological polar surface area (TPSA) is 54.5 Å². The van der Waals surface area contributed by atoms with Gasteiger partial charge in [0.2, 0.25) is 5.91 Å². The number of hydrogen-bond donors (Lipinski definition) is 1. The van der Waals surface area contributed by atoms with Crippen molar-refractivity contribution in [2.75, 3.05) is 26.0 Å². The molecule has 0 bridgehead atoms. The fourth-order valence-electron chi connectivity index (χ4n) is 2.28. The van der Waals surface area contributed by atoms with Crippen LogP contribution in [0.2, 0.25) is 0 Å². The van der Waals surface area contributed by atoms with Crippen LogP contribution in [-0.4, -0.2) is 36.5 Å². The SMILES string of the molecule is CCN(C)[C@H](C(=O)Nc1cnccc1OC)c1ccccc1. The minimum absolute atomic E-state index is 0.109. The molecular formula is C17H21N3O2. The van der Waals surface area contributed by atoms with Gasteiger partial charge in [-0.05, 0) is 19.2 Å². The number of ether oxygens (including phenoxy) is 1. The molecule has 22 heavy (non-hydrogen) atoms. The highest BCUT2D eigenvalue weighted by Crippen LogP contribution is 2.25. The Labute approximate surface area is 130 Å². The Morgan fingerprint density at radius 3 is 2.68 bits per heavy atom. The van der Waals surface area contributed by atoms with Crippen LogP contribution in [0.25, 0.3) is 0 Å². The molecule has 5 heteroatoms. The van der Waals surface area contributed by atoms with Gasteiger partial charge in [0.15, 0.2) is 0 Å². The highest BCUT2D eigenvalue weighted by atomic mass is 16.5. The maximum absolute atomic E-state index is 12.7. The summed E-state index contributed by atoms with van der Waals surface area (Å²) in [6.07, 6.45) is 3.21. The number of pyridine rings is 1. The number of anilines is 1. The van der Waals surface area contributed by atoms with Crippen LogP contribution in [0.3, 0.4) is 0 Å². The van der Waals surface area contributed by atoms with Crippen molar-refractivity contribution in [1.82, 2.24) is 9.88 Å². The molecule has 0 radical (unpaired) electrons. The standard InChI is InChI=1S/C17H21N3O2/c1-4-20(2)16(13-8-6-5-7-9-13)17(21)19-14-12-18-11-10-15(14)22-3/h5-12,16H,4H2,1-3H3,(H,19,21)/t16-/m0/s1. The van der Waals surface area contributed by atoms with E-state index in [9.17, 15) is 4.79 Å². The van der Waals surface area contributed by atoms with Gasteiger partial charge in [0.05, 0.1) is 13.3 Å². The molecule has 0 aliphatic heterocycles. The van der Waals surface area contributed by atoms with Gasteiger partial charge in [-0.1, -0.05) is 37.3 Å². The fourth-order valence-corrected chi connectivity index (χ4v) is 2.28. The van der Waals surface area contributed by atoms with E-state index in [-0.39, 0.29) is 11.9 Å². The number of nitrogens with zero attached hydrogens (tertiary/aromatic N) is 2. The van der Waals surface area contributed by atoms with Crippen LogP contribution in [0.4, 0.5) is 5.69 Å². The average Bonchev–Trinajstić information content (AvgIpc) is 2.56. The number of rotatable bonds is 6. The molecule has 116 valence electrons. The van der Waals surface area contributed by atoms with Crippen molar-refractivity contribution in [2.24, 2.45) is 0 Å². The number of amides is 1. The van der Waals surface area contributed by atoms with Crippen molar-refractivity contribution in [3.8, 4) is 5.75 Å². The molecule has 0 fully saturated rings. The Morgan fingerprint density at radius 2 is 2.05 bits per heavy atom. The predicted molar refractivity (Wildman–Crippen MR) is 86.9 cm³/mol. The minimum Gasteiger partial charge on any atom is -0.494 e. The summed E-state index contributed by atoms with van der Waals surface area (Å²) < 4.78 is 5.25. The molecule has 0 unspecified atom stereocenters. The van der Waals surface area contributed by atoms with E-state index in [2.05, 4.69) is 10.3 Å². The lowest BCUT2D eigenvalue weighted by Crippen LogP contribution is -2.34. The van der Waals surface area contributed by atoms with Gasteiger partial charge in [-0.2, -0.15) is 0 Å². The Morgan fingerprint density at radius 1 is 1.32 bits per heavy atom. The summed E-state index contributed by atoms with van der Waals surface area (Å²) in [7, 11) is 3.50. The number of methoxy groups -OCH3 is 1. The molecule has 0 spiro atoms. The average molecular weight is 299 g/mol. The van der Waals surface area contributed by atoms with Gasteiger partial charge < -0.3 is 10.1 Å². The van der Waals surface area contributed by atoms with Crippen LogP contribution in [0.5, 0.6) is 5.75 Å². The summed E-state index contributed by atoms with van der Waals surface area (Å²) in [6.45, 7) is 2.78. The summed E-state index contributed by atoms with van der Waals surface area (Å²) in [6, 6.07) is 11.1. The highest BCUT2D eigenvalue weighted by Gasteiger charge is 2.24. The maximum atomic E-state index is 12.7. The van der Waals surface area contributed by atoms with Crippen LogP contribution >= 0.6 is 0 Å². The summed E-state index contributed by atoms with van der Waals surface area (Å²) >= 11 is 0. The number of aromatic nitrogens is 1. The van der Waals surface area contributed by atoms with Gasteiger partial charge in [0.25, 0.3) is 0 Å². The van der Waals surface area contributed by atoms with Crippen molar-refractivity contribution >= 4 is 11.6 Å². The van der Waals surface area contributed by atoms with Crippen molar-refractivity contribution < 1.29 is 9.53 Å². The first-order valence-corrected chi connectivity index (χ1v) is 7.21. The first-order valence-electron chi connectivity index (χ1n) is 7.21. The third-order valence-corrected chi connectivity index (χ3v) is 3.56. The quantitative estimate of drug-likeness (QED) is 0.891. The molecule has 0 aliphatic carbocycles. The first-order chi connectivity index (χ1) is 10.7. The van der Waals surface area contributed by atoms with Crippen molar-refractivity contribution in [1.29, 1.82) is 0 Å². The van der Waals surface area contributed by atoms with Crippen LogP contribution in [-0.2, 0) is 4.79 Å².